The molecule has 0 radical (unpaired) electrons. The van der Waals surface area contributed by atoms with Gasteiger partial charge in [-0.25, -0.2) is 17.5 Å². The van der Waals surface area contributed by atoms with Gasteiger partial charge in [-0.1, -0.05) is 29.0 Å². The summed E-state index contributed by atoms with van der Waals surface area (Å²) in [5, 5.41) is 10.9. The molecule has 1 amide bonds. The van der Waals surface area contributed by atoms with E-state index in [2.05, 4.69) is 20.2 Å². The summed E-state index contributed by atoms with van der Waals surface area (Å²) in [4.78, 5) is 12.2. The predicted octanol–water partition coefficient (Wildman–Crippen LogP) is 3.37. The Balaban J connectivity index is 1.66. The Hall–Kier alpha value is -2.40. The van der Waals surface area contributed by atoms with Crippen molar-refractivity contribution >= 4 is 44.6 Å². The van der Waals surface area contributed by atoms with Crippen LogP contribution in [0, 0.1) is 12.7 Å². The first-order chi connectivity index (χ1) is 13.3. The van der Waals surface area contributed by atoms with Crippen molar-refractivity contribution in [3.05, 3.63) is 68.9 Å². The normalized spacial score (nSPS) is 11.4. The van der Waals surface area contributed by atoms with Crippen LogP contribution in [0.4, 0.5) is 10.1 Å². The van der Waals surface area contributed by atoms with Crippen molar-refractivity contribution in [2.24, 2.45) is 0 Å². The predicted molar refractivity (Wildman–Crippen MR) is 104 cm³/mol. The molecule has 3 aromatic rings. The summed E-state index contributed by atoms with van der Waals surface area (Å²) in [5.74, 6) is -0.942. The Kier molecular flexibility index (Phi) is 6.04. The third-order valence-electron chi connectivity index (χ3n) is 3.68. The van der Waals surface area contributed by atoms with Gasteiger partial charge in [-0.2, -0.15) is 0 Å². The van der Waals surface area contributed by atoms with Gasteiger partial charge in [0.15, 0.2) is 0 Å². The SMILES string of the molecule is Cc1c(Cl)cccc1S(=O)(=O)NCc1nnc(C(=O)Nc2ccc(F)cc2)s1. The summed E-state index contributed by atoms with van der Waals surface area (Å²) >= 11 is 6.92. The van der Waals surface area contributed by atoms with E-state index >= 15 is 0 Å². The van der Waals surface area contributed by atoms with Gasteiger partial charge in [0.2, 0.25) is 15.0 Å². The van der Waals surface area contributed by atoms with Gasteiger partial charge in [-0.15, -0.1) is 10.2 Å². The number of benzene rings is 2. The highest BCUT2D eigenvalue weighted by Gasteiger charge is 2.19. The number of aromatic nitrogens is 2. The quantitative estimate of drug-likeness (QED) is 0.612. The molecule has 0 saturated carbocycles. The zero-order valence-corrected chi connectivity index (χ0v) is 16.8. The Bertz CT molecular complexity index is 1120. The van der Waals surface area contributed by atoms with E-state index in [0.29, 0.717) is 21.3 Å². The number of hydrogen-bond donors (Lipinski definition) is 2. The summed E-state index contributed by atoms with van der Waals surface area (Å²) < 4.78 is 40.3. The number of rotatable bonds is 6. The molecule has 3 rings (SSSR count). The summed E-state index contributed by atoms with van der Waals surface area (Å²) in [6.45, 7) is 1.48. The smallest absolute Gasteiger partial charge is 0.286 e. The van der Waals surface area contributed by atoms with Gasteiger partial charge in [0.1, 0.15) is 10.8 Å². The van der Waals surface area contributed by atoms with Crippen LogP contribution in [0.1, 0.15) is 20.4 Å². The molecule has 0 aliphatic heterocycles. The lowest BCUT2D eigenvalue weighted by Gasteiger charge is -2.09. The average molecular weight is 441 g/mol. The van der Waals surface area contributed by atoms with E-state index < -0.39 is 21.7 Å². The van der Waals surface area contributed by atoms with Crippen LogP contribution in [0.3, 0.4) is 0 Å². The van der Waals surface area contributed by atoms with Gasteiger partial charge in [0, 0.05) is 10.7 Å². The molecule has 0 saturated heterocycles. The number of anilines is 1. The number of carbonyl (C=O) groups excluding carboxylic acids is 1. The largest absolute Gasteiger partial charge is 0.320 e. The molecule has 1 heterocycles. The summed E-state index contributed by atoms with van der Waals surface area (Å²) in [7, 11) is -3.81. The van der Waals surface area contributed by atoms with Crippen molar-refractivity contribution in [1.29, 1.82) is 0 Å². The first-order valence-electron chi connectivity index (χ1n) is 7.90. The summed E-state index contributed by atoms with van der Waals surface area (Å²) in [6, 6.07) is 9.86. The van der Waals surface area contributed by atoms with Gasteiger partial charge in [0.25, 0.3) is 5.91 Å². The van der Waals surface area contributed by atoms with E-state index in [-0.39, 0.29) is 16.4 Å². The number of halogens is 2. The average Bonchev–Trinajstić information content (AvgIpc) is 3.13. The van der Waals surface area contributed by atoms with Crippen molar-refractivity contribution in [3.63, 3.8) is 0 Å². The first kappa shape index (κ1) is 20.3. The van der Waals surface area contributed by atoms with E-state index in [1.165, 1.54) is 30.3 Å². The van der Waals surface area contributed by atoms with Crippen LogP contribution in [0.25, 0.3) is 0 Å². The first-order valence-corrected chi connectivity index (χ1v) is 10.6. The standard InChI is InChI=1S/C17H14ClFN4O3S2/c1-10-13(18)3-2-4-14(10)28(25,26)20-9-15-22-23-17(27-15)16(24)21-12-7-5-11(19)6-8-12/h2-8,20H,9H2,1H3,(H,21,24). The number of amides is 1. The third-order valence-corrected chi connectivity index (χ3v) is 6.56. The van der Waals surface area contributed by atoms with Crippen LogP contribution in [0.5, 0.6) is 0 Å². The molecular weight excluding hydrogens is 427 g/mol. The number of carbonyl (C=O) groups is 1. The number of nitrogens with one attached hydrogen (secondary N) is 2. The zero-order chi connectivity index (χ0) is 20.3. The highest BCUT2D eigenvalue weighted by molar-refractivity contribution is 7.89. The lowest BCUT2D eigenvalue weighted by Crippen LogP contribution is -2.24. The van der Waals surface area contributed by atoms with Gasteiger partial charge in [0.05, 0.1) is 11.4 Å². The second-order valence-electron chi connectivity index (χ2n) is 5.65. The Labute approximate surface area is 169 Å². The van der Waals surface area contributed by atoms with E-state index in [1.807, 2.05) is 0 Å². The van der Waals surface area contributed by atoms with Crippen LogP contribution < -0.4 is 10.0 Å². The number of sulfonamides is 1. The molecule has 0 unspecified atom stereocenters. The minimum atomic E-state index is -3.81. The number of nitrogens with zero attached hydrogens (tertiary/aromatic N) is 2. The molecule has 0 aliphatic carbocycles. The van der Waals surface area contributed by atoms with Crippen molar-refractivity contribution < 1.29 is 17.6 Å². The van der Waals surface area contributed by atoms with Crippen LogP contribution in [-0.2, 0) is 16.6 Å². The second kappa shape index (κ2) is 8.31. The van der Waals surface area contributed by atoms with E-state index in [0.717, 1.165) is 11.3 Å². The van der Waals surface area contributed by atoms with Gasteiger partial charge < -0.3 is 5.32 Å². The minimum absolute atomic E-state index is 0.0532. The minimum Gasteiger partial charge on any atom is -0.320 e. The van der Waals surface area contributed by atoms with Crippen LogP contribution in [-0.4, -0.2) is 24.5 Å². The van der Waals surface area contributed by atoms with E-state index in [9.17, 15) is 17.6 Å². The van der Waals surface area contributed by atoms with Crippen molar-refractivity contribution in [1.82, 2.24) is 14.9 Å². The molecule has 2 N–H and O–H groups in total. The van der Waals surface area contributed by atoms with E-state index in [4.69, 9.17) is 11.6 Å². The van der Waals surface area contributed by atoms with Gasteiger partial charge >= 0.3 is 0 Å². The highest BCUT2D eigenvalue weighted by atomic mass is 35.5. The van der Waals surface area contributed by atoms with Crippen molar-refractivity contribution in [2.75, 3.05) is 5.32 Å². The Morgan fingerprint density at radius 2 is 1.89 bits per heavy atom. The van der Waals surface area contributed by atoms with Crippen LogP contribution in [0.2, 0.25) is 5.02 Å². The fourth-order valence-electron chi connectivity index (χ4n) is 2.25. The lowest BCUT2D eigenvalue weighted by atomic mass is 10.2. The monoisotopic (exact) mass is 440 g/mol. The molecule has 146 valence electrons. The molecule has 28 heavy (non-hydrogen) atoms. The molecule has 0 atom stereocenters. The molecular formula is C17H14ClFN4O3S2. The topological polar surface area (TPSA) is 101 Å². The molecule has 0 spiro atoms. The third kappa shape index (κ3) is 4.71. The molecule has 7 nitrogen and oxygen atoms in total. The van der Waals surface area contributed by atoms with Crippen LogP contribution >= 0.6 is 22.9 Å². The maximum absolute atomic E-state index is 12.9. The maximum atomic E-state index is 12.9. The molecule has 1 aromatic heterocycles. The van der Waals surface area contributed by atoms with Gasteiger partial charge in [-0.05, 0) is 48.9 Å². The lowest BCUT2D eigenvalue weighted by molar-refractivity contribution is 0.102. The zero-order valence-electron chi connectivity index (χ0n) is 14.4. The molecule has 11 heteroatoms. The van der Waals surface area contributed by atoms with E-state index in [1.54, 1.807) is 19.1 Å². The molecule has 2 aromatic carbocycles. The summed E-state index contributed by atoms with van der Waals surface area (Å²) in [6.07, 6.45) is 0. The fraction of sp³-hybridized carbons (Fsp3) is 0.118. The maximum Gasteiger partial charge on any atom is 0.286 e. The van der Waals surface area contributed by atoms with Crippen LogP contribution in [0.15, 0.2) is 47.4 Å². The molecule has 0 fully saturated rings. The summed E-state index contributed by atoms with van der Waals surface area (Å²) in [5.41, 5.74) is 0.841. The second-order valence-corrected chi connectivity index (χ2v) is 8.85. The fourth-order valence-corrected chi connectivity index (χ4v) is 4.50. The number of hydrogen-bond acceptors (Lipinski definition) is 6. The molecule has 0 aliphatic rings. The van der Waals surface area contributed by atoms with Gasteiger partial charge in [-0.3, -0.25) is 4.79 Å². The Morgan fingerprint density at radius 1 is 1.18 bits per heavy atom. The Morgan fingerprint density at radius 3 is 2.61 bits per heavy atom. The van der Waals surface area contributed by atoms with Crippen molar-refractivity contribution in [3.8, 4) is 0 Å². The van der Waals surface area contributed by atoms with Crippen molar-refractivity contribution in [2.45, 2.75) is 18.4 Å². The highest BCUT2D eigenvalue weighted by Crippen LogP contribution is 2.23. The molecule has 0 bridgehead atoms.